The average molecular weight is 332 g/mol. The summed E-state index contributed by atoms with van der Waals surface area (Å²) in [6.07, 6.45) is 0.226. The largest absolute Gasteiger partial charge is 0.462 e. The molecule has 130 valence electrons. The lowest BCUT2D eigenvalue weighted by Gasteiger charge is -2.31. The molecule has 0 spiro atoms. The first-order valence-corrected chi connectivity index (χ1v) is 8.11. The Balaban J connectivity index is 1.98. The Morgan fingerprint density at radius 2 is 1.88 bits per heavy atom. The molecule has 6 heteroatoms. The van der Waals surface area contributed by atoms with Gasteiger partial charge in [0.25, 0.3) is 0 Å². The fraction of sp³-hybridized carbons (Fsp3) is 0.500. The lowest BCUT2D eigenvalue weighted by atomic mass is 10.1. The normalized spacial score (nSPS) is 17.8. The highest BCUT2D eigenvalue weighted by Gasteiger charge is 2.39. The molecule has 0 radical (unpaired) electrons. The molecule has 0 bridgehead atoms. The molecule has 6 nitrogen and oxygen atoms in total. The molecule has 2 rings (SSSR count). The topological polar surface area (TPSA) is 75.7 Å². The zero-order valence-electron chi connectivity index (χ0n) is 14.6. The second-order valence-corrected chi connectivity index (χ2v) is 6.86. The molecule has 1 atom stereocenters. The number of likely N-dealkylation sites (tertiary alicyclic amines) is 1. The van der Waals surface area contributed by atoms with Crippen molar-refractivity contribution >= 4 is 23.5 Å². The van der Waals surface area contributed by atoms with Crippen molar-refractivity contribution in [2.45, 2.75) is 39.7 Å². The number of nitrogens with zero attached hydrogens (tertiary/aromatic N) is 1. The minimum atomic E-state index is -0.391. The van der Waals surface area contributed by atoms with E-state index in [1.165, 1.54) is 0 Å². The van der Waals surface area contributed by atoms with Gasteiger partial charge < -0.3 is 15.0 Å². The molecule has 0 aliphatic carbocycles. The molecule has 1 saturated heterocycles. The van der Waals surface area contributed by atoms with Crippen molar-refractivity contribution in [1.82, 2.24) is 4.90 Å². The minimum absolute atomic E-state index is 0.000286. The van der Waals surface area contributed by atoms with E-state index in [0.717, 1.165) is 0 Å². The van der Waals surface area contributed by atoms with E-state index in [1.807, 2.05) is 20.8 Å². The van der Waals surface area contributed by atoms with E-state index in [-0.39, 0.29) is 29.7 Å². The summed E-state index contributed by atoms with van der Waals surface area (Å²) in [7, 11) is 0. The summed E-state index contributed by atoms with van der Waals surface area (Å²) in [5.74, 6) is -0.932. The molecule has 1 heterocycles. The number of benzene rings is 1. The number of amides is 2. The SMILES string of the molecule is CCOC(=O)c1ccc(NC(=O)[C@@H]2CC(=O)N(C(C)(C)C)C2)cc1. The third-order valence-corrected chi connectivity index (χ3v) is 3.97. The number of hydrogen-bond donors (Lipinski definition) is 1. The van der Waals surface area contributed by atoms with E-state index in [4.69, 9.17) is 4.74 Å². The van der Waals surface area contributed by atoms with Gasteiger partial charge in [-0.1, -0.05) is 0 Å². The van der Waals surface area contributed by atoms with E-state index in [1.54, 1.807) is 36.1 Å². The van der Waals surface area contributed by atoms with Crippen LogP contribution in [-0.4, -0.2) is 41.4 Å². The molecule has 0 aromatic heterocycles. The zero-order chi connectivity index (χ0) is 17.9. The minimum Gasteiger partial charge on any atom is -0.462 e. The number of anilines is 1. The summed E-state index contributed by atoms with van der Waals surface area (Å²) in [6, 6.07) is 6.52. The standard InChI is InChI=1S/C18H24N2O4/c1-5-24-17(23)12-6-8-14(9-7-12)19-16(22)13-10-15(21)20(11-13)18(2,3)4/h6-9,13H,5,10-11H2,1-4H3,(H,19,22)/t13-/m1/s1. The van der Waals surface area contributed by atoms with Crippen molar-refractivity contribution < 1.29 is 19.1 Å². The van der Waals surface area contributed by atoms with E-state index in [0.29, 0.717) is 24.4 Å². The van der Waals surface area contributed by atoms with Crippen molar-refractivity contribution in [1.29, 1.82) is 0 Å². The van der Waals surface area contributed by atoms with Gasteiger partial charge in [-0.3, -0.25) is 9.59 Å². The third-order valence-electron chi connectivity index (χ3n) is 3.97. The summed E-state index contributed by atoms with van der Waals surface area (Å²) in [5, 5.41) is 2.80. The van der Waals surface area contributed by atoms with Crippen LogP contribution >= 0.6 is 0 Å². The van der Waals surface area contributed by atoms with E-state index < -0.39 is 5.97 Å². The van der Waals surface area contributed by atoms with Crippen LogP contribution in [0.5, 0.6) is 0 Å². The number of ether oxygens (including phenoxy) is 1. The van der Waals surface area contributed by atoms with E-state index >= 15 is 0 Å². The second kappa shape index (κ2) is 7.03. The molecule has 1 fully saturated rings. The van der Waals surface area contributed by atoms with E-state index in [9.17, 15) is 14.4 Å². The Morgan fingerprint density at radius 3 is 2.38 bits per heavy atom. The summed E-state index contributed by atoms with van der Waals surface area (Å²) < 4.78 is 4.92. The number of rotatable bonds is 4. The molecular formula is C18H24N2O4. The summed E-state index contributed by atoms with van der Waals surface area (Å²) in [4.78, 5) is 37.8. The van der Waals surface area contributed by atoms with Crippen LogP contribution < -0.4 is 5.32 Å². The molecule has 1 aliphatic heterocycles. The van der Waals surface area contributed by atoms with Gasteiger partial charge in [-0.05, 0) is 52.0 Å². The molecule has 24 heavy (non-hydrogen) atoms. The van der Waals surface area contributed by atoms with Gasteiger partial charge in [0, 0.05) is 24.2 Å². The van der Waals surface area contributed by atoms with E-state index in [2.05, 4.69) is 5.32 Å². The van der Waals surface area contributed by atoms with Gasteiger partial charge >= 0.3 is 5.97 Å². The Kier molecular flexibility index (Phi) is 5.26. The van der Waals surface area contributed by atoms with Gasteiger partial charge in [-0.15, -0.1) is 0 Å². The van der Waals surface area contributed by atoms with Crippen molar-refractivity contribution in [3.8, 4) is 0 Å². The first kappa shape index (κ1) is 18.0. The van der Waals surface area contributed by atoms with Crippen LogP contribution in [0.15, 0.2) is 24.3 Å². The summed E-state index contributed by atoms with van der Waals surface area (Å²) in [6.45, 7) is 8.36. The monoisotopic (exact) mass is 332 g/mol. The van der Waals surface area contributed by atoms with Crippen LogP contribution in [0.2, 0.25) is 0 Å². The predicted octanol–water partition coefficient (Wildman–Crippen LogP) is 2.45. The number of hydrogen-bond acceptors (Lipinski definition) is 4. The lowest BCUT2D eigenvalue weighted by molar-refractivity contribution is -0.131. The molecule has 1 N–H and O–H groups in total. The van der Waals surface area contributed by atoms with Gasteiger partial charge in [0.05, 0.1) is 18.1 Å². The first-order chi connectivity index (χ1) is 11.2. The molecule has 1 aliphatic rings. The zero-order valence-corrected chi connectivity index (χ0v) is 14.6. The Morgan fingerprint density at radius 1 is 1.25 bits per heavy atom. The Hall–Kier alpha value is -2.37. The second-order valence-electron chi connectivity index (χ2n) is 6.86. The molecule has 1 aromatic carbocycles. The third kappa shape index (κ3) is 4.13. The molecule has 0 unspecified atom stereocenters. The van der Waals surface area contributed by atoms with Crippen molar-refractivity contribution in [2.24, 2.45) is 5.92 Å². The van der Waals surface area contributed by atoms with Gasteiger partial charge in [-0.2, -0.15) is 0 Å². The fourth-order valence-corrected chi connectivity index (χ4v) is 2.68. The summed E-state index contributed by atoms with van der Waals surface area (Å²) in [5.41, 5.74) is 0.743. The van der Waals surface area contributed by atoms with Gasteiger partial charge in [0.15, 0.2) is 0 Å². The van der Waals surface area contributed by atoms with Crippen molar-refractivity contribution in [3.05, 3.63) is 29.8 Å². The van der Waals surface area contributed by atoms with Gasteiger partial charge in [0.2, 0.25) is 11.8 Å². The highest BCUT2D eigenvalue weighted by molar-refractivity contribution is 5.98. The Bertz CT molecular complexity index is 631. The van der Waals surface area contributed by atoms with Gasteiger partial charge in [-0.25, -0.2) is 4.79 Å². The number of esters is 1. The number of carbonyl (C=O) groups excluding carboxylic acids is 3. The van der Waals surface area contributed by atoms with Crippen molar-refractivity contribution in [3.63, 3.8) is 0 Å². The highest BCUT2D eigenvalue weighted by atomic mass is 16.5. The lowest BCUT2D eigenvalue weighted by Crippen LogP contribution is -2.42. The van der Waals surface area contributed by atoms with Crippen molar-refractivity contribution in [2.75, 3.05) is 18.5 Å². The summed E-state index contributed by atoms with van der Waals surface area (Å²) >= 11 is 0. The Labute approximate surface area is 142 Å². The molecule has 0 saturated carbocycles. The molecular weight excluding hydrogens is 308 g/mol. The van der Waals surface area contributed by atoms with Crippen LogP contribution in [-0.2, 0) is 14.3 Å². The van der Waals surface area contributed by atoms with Crippen LogP contribution in [0.25, 0.3) is 0 Å². The van der Waals surface area contributed by atoms with Crippen LogP contribution in [0.3, 0.4) is 0 Å². The highest BCUT2D eigenvalue weighted by Crippen LogP contribution is 2.26. The van der Waals surface area contributed by atoms with Crippen LogP contribution in [0.1, 0.15) is 44.5 Å². The first-order valence-electron chi connectivity index (χ1n) is 8.11. The maximum absolute atomic E-state index is 12.4. The maximum Gasteiger partial charge on any atom is 0.338 e. The maximum atomic E-state index is 12.4. The fourth-order valence-electron chi connectivity index (χ4n) is 2.68. The molecule has 2 amide bonds. The average Bonchev–Trinajstić information content (AvgIpc) is 2.90. The quantitative estimate of drug-likeness (QED) is 0.859. The molecule has 1 aromatic rings. The van der Waals surface area contributed by atoms with Crippen LogP contribution in [0, 0.1) is 5.92 Å². The number of nitrogens with one attached hydrogen (secondary N) is 1. The van der Waals surface area contributed by atoms with Gasteiger partial charge in [0.1, 0.15) is 0 Å². The predicted molar refractivity (Wildman–Crippen MR) is 90.6 cm³/mol. The smallest absolute Gasteiger partial charge is 0.338 e. The van der Waals surface area contributed by atoms with Crippen LogP contribution in [0.4, 0.5) is 5.69 Å². The number of carbonyl (C=O) groups is 3.